The first-order valence-electron chi connectivity index (χ1n) is 13.4. The van der Waals surface area contributed by atoms with Gasteiger partial charge in [0, 0.05) is 25.6 Å². The van der Waals surface area contributed by atoms with E-state index >= 15 is 0 Å². The van der Waals surface area contributed by atoms with E-state index in [9.17, 15) is 14.4 Å². The predicted octanol–water partition coefficient (Wildman–Crippen LogP) is 5.35. The Labute approximate surface area is 233 Å². The molecule has 1 aromatic heterocycles. The summed E-state index contributed by atoms with van der Waals surface area (Å²) in [5, 5.41) is 0.553. The molecule has 5 rings (SSSR count). The number of hydrogen-bond donors (Lipinski definition) is 1. The molecule has 0 spiro atoms. The number of primary amides is 1. The fourth-order valence-corrected chi connectivity index (χ4v) is 5.46. The maximum Gasteiger partial charge on any atom is 0.265 e. The van der Waals surface area contributed by atoms with E-state index in [0.717, 1.165) is 51.1 Å². The van der Waals surface area contributed by atoms with E-state index in [1.54, 1.807) is 34.9 Å². The van der Waals surface area contributed by atoms with E-state index in [1.807, 2.05) is 56.3 Å². The Morgan fingerprint density at radius 2 is 1.77 bits per heavy atom. The van der Waals surface area contributed by atoms with E-state index in [4.69, 9.17) is 5.73 Å². The minimum atomic E-state index is -0.487. The van der Waals surface area contributed by atoms with Crippen LogP contribution in [0.15, 0.2) is 82.9 Å². The lowest BCUT2D eigenvalue weighted by Gasteiger charge is -2.19. The molecule has 0 saturated heterocycles. The van der Waals surface area contributed by atoms with E-state index in [0.29, 0.717) is 29.6 Å². The van der Waals surface area contributed by atoms with Crippen LogP contribution in [0.25, 0.3) is 33.8 Å². The van der Waals surface area contributed by atoms with E-state index in [1.165, 1.54) is 0 Å². The summed E-state index contributed by atoms with van der Waals surface area (Å²) in [7, 11) is 0. The van der Waals surface area contributed by atoms with Crippen molar-refractivity contribution in [1.29, 1.82) is 0 Å². The Bertz CT molecular complexity index is 1800. The highest BCUT2D eigenvalue weighted by Gasteiger charge is 2.21. The second kappa shape index (κ2) is 10.8. The zero-order valence-corrected chi connectivity index (χ0v) is 23.2. The van der Waals surface area contributed by atoms with Crippen LogP contribution in [0.3, 0.4) is 0 Å². The van der Waals surface area contributed by atoms with Gasteiger partial charge in [-0.25, -0.2) is 4.98 Å². The Morgan fingerprint density at radius 1 is 1.00 bits per heavy atom. The predicted molar refractivity (Wildman–Crippen MR) is 159 cm³/mol. The van der Waals surface area contributed by atoms with Crippen LogP contribution in [0.2, 0.25) is 0 Å². The number of rotatable bonds is 6. The topological polar surface area (TPSA) is 98.3 Å². The molecule has 2 amide bonds. The average Bonchev–Trinajstić information content (AvgIpc) is 3.44. The lowest BCUT2D eigenvalue weighted by atomic mass is 9.87. The van der Waals surface area contributed by atoms with Gasteiger partial charge >= 0.3 is 0 Å². The summed E-state index contributed by atoms with van der Waals surface area (Å²) < 4.78 is 1.58. The molecule has 2 heterocycles. The van der Waals surface area contributed by atoms with Crippen LogP contribution in [0, 0.1) is 13.8 Å². The molecule has 2 N–H and O–H groups in total. The summed E-state index contributed by atoms with van der Waals surface area (Å²) in [5.41, 5.74) is 14.1. The molecule has 4 aromatic rings. The van der Waals surface area contributed by atoms with Crippen LogP contribution in [0.5, 0.6) is 0 Å². The molecule has 0 saturated carbocycles. The van der Waals surface area contributed by atoms with E-state index in [2.05, 4.69) is 24.1 Å². The molecule has 7 nitrogen and oxygen atoms in total. The maximum absolute atomic E-state index is 13.4. The van der Waals surface area contributed by atoms with Crippen molar-refractivity contribution in [3.63, 3.8) is 0 Å². The van der Waals surface area contributed by atoms with Gasteiger partial charge in [-0.2, -0.15) is 0 Å². The number of amides is 2. The van der Waals surface area contributed by atoms with Crippen molar-refractivity contribution in [2.75, 3.05) is 13.1 Å². The number of nitrogens with two attached hydrogens (primary N) is 1. The Hall–Kier alpha value is -4.78. The first kappa shape index (κ1) is 26.8. The molecule has 0 atom stereocenters. The van der Waals surface area contributed by atoms with Crippen molar-refractivity contribution in [3.8, 4) is 16.8 Å². The van der Waals surface area contributed by atoms with Crippen LogP contribution in [-0.2, 0) is 4.79 Å². The van der Waals surface area contributed by atoms with Crippen LogP contribution in [0.4, 0.5) is 0 Å². The smallest absolute Gasteiger partial charge is 0.265 e. The van der Waals surface area contributed by atoms with Gasteiger partial charge in [0.1, 0.15) is 6.33 Å². The van der Waals surface area contributed by atoms with Gasteiger partial charge in [0.15, 0.2) is 0 Å². The fraction of sp³-hybridized carbons (Fsp3) is 0.212. The van der Waals surface area contributed by atoms with Gasteiger partial charge in [0.25, 0.3) is 5.56 Å². The summed E-state index contributed by atoms with van der Waals surface area (Å²) in [4.78, 5) is 44.0. The molecule has 0 bridgehead atoms. The van der Waals surface area contributed by atoms with Crippen LogP contribution >= 0.6 is 0 Å². The number of aromatic nitrogens is 2. The molecule has 1 aliphatic heterocycles. The summed E-state index contributed by atoms with van der Waals surface area (Å²) in [5.74, 6) is -0.445. The van der Waals surface area contributed by atoms with Crippen molar-refractivity contribution in [3.05, 3.63) is 111 Å². The average molecular weight is 533 g/mol. The van der Waals surface area contributed by atoms with Crippen LogP contribution in [0.1, 0.15) is 47.3 Å². The largest absolute Gasteiger partial charge is 0.366 e. The van der Waals surface area contributed by atoms with E-state index in [-0.39, 0.29) is 11.5 Å². The summed E-state index contributed by atoms with van der Waals surface area (Å²) >= 11 is 0. The summed E-state index contributed by atoms with van der Waals surface area (Å²) in [6.45, 7) is 8.71. The molecular weight excluding hydrogens is 500 g/mol. The van der Waals surface area contributed by atoms with Crippen LogP contribution < -0.4 is 11.3 Å². The Kier molecular flexibility index (Phi) is 7.22. The van der Waals surface area contributed by atoms with Gasteiger partial charge in [-0.3, -0.25) is 19.0 Å². The summed E-state index contributed by atoms with van der Waals surface area (Å²) in [6, 6.07) is 16.8. The van der Waals surface area contributed by atoms with Gasteiger partial charge in [-0.1, -0.05) is 49.4 Å². The fourth-order valence-electron chi connectivity index (χ4n) is 5.46. The van der Waals surface area contributed by atoms with Gasteiger partial charge < -0.3 is 10.6 Å². The third kappa shape index (κ3) is 4.75. The Balaban J connectivity index is 1.69. The first-order chi connectivity index (χ1) is 19.2. The highest BCUT2D eigenvalue weighted by Crippen LogP contribution is 2.35. The number of carbonyl (C=O) groups excluding carboxylic acids is 2. The molecular formula is C33H32N4O3. The zero-order chi connectivity index (χ0) is 28.6. The zero-order valence-electron chi connectivity index (χ0n) is 23.2. The third-order valence-electron chi connectivity index (χ3n) is 7.78. The molecule has 1 aliphatic rings. The molecule has 7 heteroatoms. The van der Waals surface area contributed by atoms with Crippen molar-refractivity contribution < 1.29 is 9.59 Å². The van der Waals surface area contributed by atoms with Crippen molar-refractivity contribution >= 4 is 28.8 Å². The summed E-state index contributed by atoms with van der Waals surface area (Å²) in [6.07, 6.45) is 6.53. The molecule has 0 fully saturated rings. The first-order valence-corrected chi connectivity index (χ1v) is 13.4. The van der Waals surface area contributed by atoms with Crippen molar-refractivity contribution in [2.45, 2.75) is 34.1 Å². The van der Waals surface area contributed by atoms with Gasteiger partial charge in [0.2, 0.25) is 11.8 Å². The minimum Gasteiger partial charge on any atom is -0.366 e. The standard InChI is InChI=1S/C33H32N4O3/c1-5-23(24-15-16-36(18-24)22(4)38)17-29-20(2)26(32(34)39)13-14-27(29)25-10-8-12-31(21(25)3)37-19-35-30-11-7-6-9-28(30)33(37)40/h6-15,17,19H,5,16,18H2,1-4H3,(H2,34,39)/b23-17+. The highest BCUT2D eigenvalue weighted by atomic mass is 16.2. The van der Waals surface area contributed by atoms with Gasteiger partial charge in [-0.05, 0) is 83.5 Å². The SMILES string of the molecule is CC/C(=C\c1c(-c2cccc(-n3cnc4ccccc4c3=O)c2C)ccc(C(N)=O)c1C)C1=CCN(C(C)=O)C1. The lowest BCUT2D eigenvalue weighted by molar-refractivity contribution is -0.127. The minimum absolute atomic E-state index is 0.0418. The number of fused-ring (bicyclic) bond motifs is 1. The number of carbonyl (C=O) groups is 2. The number of benzene rings is 3. The van der Waals surface area contributed by atoms with Gasteiger partial charge in [-0.15, -0.1) is 0 Å². The monoisotopic (exact) mass is 532 g/mol. The van der Waals surface area contributed by atoms with E-state index < -0.39 is 5.91 Å². The number of hydrogen-bond acceptors (Lipinski definition) is 4. The van der Waals surface area contributed by atoms with Crippen molar-refractivity contribution in [2.24, 2.45) is 5.73 Å². The molecule has 0 radical (unpaired) electrons. The number of para-hydroxylation sites is 1. The second-order valence-electron chi connectivity index (χ2n) is 10.1. The third-order valence-corrected chi connectivity index (χ3v) is 7.78. The van der Waals surface area contributed by atoms with Crippen molar-refractivity contribution in [1.82, 2.24) is 14.5 Å². The quantitative estimate of drug-likeness (QED) is 0.362. The molecule has 40 heavy (non-hydrogen) atoms. The molecule has 0 unspecified atom stereocenters. The van der Waals surface area contributed by atoms with Gasteiger partial charge in [0.05, 0.1) is 16.6 Å². The molecule has 0 aliphatic carbocycles. The van der Waals surface area contributed by atoms with Crippen LogP contribution in [-0.4, -0.2) is 39.4 Å². The molecule has 3 aromatic carbocycles. The Morgan fingerprint density at radius 3 is 2.48 bits per heavy atom. The number of nitrogens with zero attached hydrogens (tertiary/aromatic N) is 3. The normalized spacial score (nSPS) is 13.6. The maximum atomic E-state index is 13.4. The second-order valence-corrected chi connectivity index (χ2v) is 10.1. The highest BCUT2D eigenvalue weighted by molar-refractivity contribution is 5.97. The lowest BCUT2D eigenvalue weighted by Crippen LogP contribution is -2.26. The molecule has 202 valence electrons.